The summed E-state index contributed by atoms with van der Waals surface area (Å²) in [5.41, 5.74) is 1.40. The third-order valence-corrected chi connectivity index (χ3v) is 4.77. The Bertz CT molecular complexity index is 555. The number of rotatable bonds is 11. The van der Waals surface area contributed by atoms with Crippen LogP contribution >= 0.6 is 0 Å². The number of hydrogen-bond acceptors (Lipinski definition) is 1. The van der Waals surface area contributed by atoms with Gasteiger partial charge in [-0.05, 0) is 24.8 Å². The smallest absolute Gasteiger partial charge is 0.0445 e. The van der Waals surface area contributed by atoms with Crippen molar-refractivity contribution in [3.63, 3.8) is 0 Å². The lowest BCUT2D eigenvalue weighted by Crippen LogP contribution is -2.24. The van der Waals surface area contributed by atoms with E-state index in [0.717, 1.165) is 6.54 Å². The molecule has 1 heteroatoms. The first-order chi connectivity index (χ1) is 11.4. The first-order valence-corrected chi connectivity index (χ1v) is 9.59. The summed E-state index contributed by atoms with van der Waals surface area (Å²) in [5, 5.41) is 2.73. The molecule has 0 bridgehead atoms. The van der Waals surface area contributed by atoms with Crippen molar-refractivity contribution >= 4 is 16.5 Å². The Hall–Kier alpha value is -1.50. The molecule has 0 aliphatic carbocycles. The van der Waals surface area contributed by atoms with Gasteiger partial charge in [-0.3, -0.25) is 0 Å². The van der Waals surface area contributed by atoms with Gasteiger partial charge in [0.1, 0.15) is 0 Å². The zero-order chi connectivity index (χ0) is 16.3. The predicted octanol–water partition coefficient (Wildman–Crippen LogP) is 6.81. The molecule has 0 fully saturated rings. The van der Waals surface area contributed by atoms with Crippen LogP contribution in [0.1, 0.15) is 65.2 Å². The van der Waals surface area contributed by atoms with Gasteiger partial charge in [-0.1, -0.05) is 88.3 Å². The third kappa shape index (κ3) is 5.57. The highest BCUT2D eigenvalue weighted by molar-refractivity contribution is 5.94. The lowest BCUT2D eigenvalue weighted by molar-refractivity contribution is 0.572. The second kappa shape index (κ2) is 10.3. The Balaban J connectivity index is 1.81. The van der Waals surface area contributed by atoms with Crippen molar-refractivity contribution in [3.05, 3.63) is 42.5 Å². The molecule has 0 saturated carbocycles. The molecule has 0 atom stereocenters. The predicted molar refractivity (Wildman–Crippen MR) is 104 cm³/mol. The number of nitrogens with zero attached hydrogens (tertiary/aromatic N) is 1. The first kappa shape index (κ1) is 17.8. The molecule has 0 N–H and O–H groups in total. The minimum atomic E-state index is 1.09. The van der Waals surface area contributed by atoms with Crippen molar-refractivity contribution in [1.29, 1.82) is 0 Å². The Morgan fingerprint density at radius 1 is 0.696 bits per heavy atom. The van der Waals surface area contributed by atoms with E-state index >= 15 is 0 Å². The minimum absolute atomic E-state index is 1.09. The van der Waals surface area contributed by atoms with E-state index in [9.17, 15) is 0 Å². The van der Waals surface area contributed by atoms with Gasteiger partial charge in [0.25, 0.3) is 0 Å². The van der Waals surface area contributed by atoms with Crippen LogP contribution in [-0.4, -0.2) is 13.1 Å². The summed E-state index contributed by atoms with van der Waals surface area (Å²) >= 11 is 0. The number of benzene rings is 2. The first-order valence-electron chi connectivity index (χ1n) is 9.59. The van der Waals surface area contributed by atoms with Crippen molar-refractivity contribution in [3.8, 4) is 0 Å². The standard InChI is InChI=1S/C22H33N/c1-3-5-6-7-8-9-10-13-19-23(4-2)22-18-14-16-20-15-11-12-17-21(20)22/h11-12,14-18H,3-10,13,19H2,1-2H3. The SMILES string of the molecule is CCCCCCCCCCN(CC)c1cccc2ccccc12. The monoisotopic (exact) mass is 311 g/mol. The molecule has 0 amide bonds. The molecule has 2 rings (SSSR count). The van der Waals surface area contributed by atoms with Gasteiger partial charge in [0.05, 0.1) is 0 Å². The molecule has 0 radical (unpaired) electrons. The van der Waals surface area contributed by atoms with Crippen LogP contribution in [0.5, 0.6) is 0 Å². The van der Waals surface area contributed by atoms with Crippen LogP contribution < -0.4 is 4.90 Å². The Kier molecular flexibility index (Phi) is 8.00. The second-order valence-corrected chi connectivity index (χ2v) is 6.55. The zero-order valence-corrected chi connectivity index (χ0v) is 15.1. The maximum atomic E-state index is 2.54. The molecule has 2 aromatic carbocycles. The van der Waals surface area contributed by atoms with Crippen molar-refractivity contribution in [2.24, 2.45) is 0 Å². The van der Waals surface area contributed by atoms with Gasteiger partial charge in [-0.25, -0.2) is 0 Å². The summed E-state index contributed by atoms with van der Waals surface area (Å²) in [4.78, 5) is 2.54. The van der Waals surface area contributed by atoms with E-state index in [1.54, 1.807) is 0 Å². The zero-order valence-electron chi connectivity index (χ0n) is 15.1. The van der Waals surface area contributed by atoms with Gasteiger partial charge in [0.2, 0.25) is 0 Å². The van der Waals surface area contributed by atoms with Crippen LogP contribution in [0.3, 0.4) is 0 Å². The molecule has 23 heavy (non-hydrogen) atoms. The minimum Gasteiger partial charge on any atom is -0.371 e. The topological polar surface area (TPSA) is 3.24 Å². The van der Waals surface area contributed by atoms with Crippen LogP contribution in [0.2, 0.25) is 0 Å². The Morgan fingerprint density at radius 2 is 1.35 bits per heavy atom. The average Bonchev–Trinajstić information content (AvgIpc) is 2.60. The van der Waals surface area contributed by atoms with E-state index in [2.05, 4.69) is 61.2 Å². The molecule has 0 unspecified atom stereocenters. The maximum absolute atomic E-state index is 2.54. The molecule has 0 spiro atoms. The van der Waals surface area contributed by atoms with Gasteiger partial charge in [-0.2, -0.15) is 0 Å². The Labute approximate surface area is 142 Å². The van der Waals surface area contributed by atoms with Crippen molar-refractivity contribution in [2.75, 3.05) is 18.0 Å². The number of hydrogen-bond donors (Lipinski definition) is 0. The van der Waals surface area contributed by atoms with Crippen LogP contribution in [0.25, 0.3) is 10.8 Å². The van der Waals surface area contributed by atoms with Crippen molar-refractivity contribution in [1.82, 2.24) is 0 Å². The van der Waals surface area contributed by atoms with Gasteiger partial charge in [0.15, 0.2) is 0 Å². The largest absolute Gasteiger partial charge is 0.371 e. The summed E-state index contributed by atoms with van der Waals surface area (Å²) in [7, 11) is 0. The van der Waals surface area contributed by atoms with Crippen molar-refractivity contribution < 1.29 is 0 Å². The molecule has 0 aliphatic heterocycles. The van der Waals surface area contributed by atoms with E-state index in [-0.39, 0.29) is 0 Å². The number of unbranched alkanes of at least 4 members (excludes halogenated alkanes) is 7. The van der Waals surface area contributed by atoms with E-state index in [1.165, 1.54) is 74.4 Å². The van der Waals surface area contributed by atoms with E-state index < -0.39 is 0 Å². The molecular formula is C22H33N. The molecule has 0 aliphatic rings. The highest BCUT2D eigenvalue weighted by atomic mass is 15.1. The van der Waals surface area contributed by atoms with Crippen LogP contribution in [-0.2, 0) is 0 Å². The molecule has 1 nitrogen and oxygen atoms in total. The lowest BCUT2D eigenvalue weighted by Gasteiger charge is -2.24. The maximum Gasteiger partial charge on any atom is 0.0445 e. The van der Waals surface area contributed by atoms with Crippen LogP contribution in [0.4, 0.5) is 5.69 Å². The van der Waals surface area contributed by atoms with Crippen molar-refractivity contribution in [2.45, 2.75) is 65.2 Å². The molecule has 0 aromatic heterocycles. The second-order valence-electron chi connectivity index (χ2n) is 6.55. The molecule has 126 valence electrons. The lowest BCUT2D eigenvalue weighted by atomic mass is 10.1. The number of fused-ring (bicyclic) bond motifs is 1. The Morgan fingerprint density at radius 3 is 2.09 bits per heavy atom. The van der Waals surface area contributed by atoms with Crippen LogP contribution in [0.15, 0.2) is 42.5 Å². The molecule has 0 heterocycles. The summed E-state index contributed by atoms with van der Waals surface area (Å²) in [6.07, 6.45) is 11.1. The molecular weight excluding hydrogens is 278 g/mol. The third-order valence-electron chi connectivity index (χ3n) is 4.77. The highest BCUT2D eigenvalue weighted by Gasteiger charge is 2.07. The summed E-state index contributed by atoms with van der Waals surface area (Å²) in [6.45, 7) is 6.82. The van der Waals surface area contributed by atoms with E-state index in [1.807, 2.05) is 0 Å². The fourth-order valence-electron chi connectivity index (χ4n) is 3.37. The average molecular weight is 312 g/mol. The van der Waals surface area contributed by atoms with Crippen LogP contribution in [0, 0.1) is 0 Å². The molecule has 0 saturated heterocycles. The normalized spacial score (nSPS) is 11.0. The van der Waals surface area contributed by atoms with E-state index in [4.69, 9.17) is 0 Å². The van der Waals surface area contributed by atoms with Gasteiger partial charge < -0.3 is 4.90 Å². The fraction of sp³-hybridized carbons (Fsp3) is 0.545. The fourth-order valence-corrected chi connectivity index (χ4v) is 3.37. The summed E-state index contributed by atoms with van der Waals surface area (Å²) in [6, 6.07) is 15.4. The summed E-state index contributed by atoms with van der Waals surface area (Å²) in [5.74, 6) is 0. The van der Waals surface area contributed by atoms with E-state index in [0.29, 0.717) is 0 Å². The molecule has 2 aromatic rings. The van der Waals surface area contributed by atoms with Gasteiger partial charge >= 0.3 is 0 Å². The highest BCUT2D eigenvalue weighted by Crippen LogP contribution is 2.26. The summed E-state index contributed by atoms with van der Waals surface area (Å²) < 4.78 is 0. The quantitative estimate of drug-likeness (QED) is 0.412. The van der Waals surface area contributed by atoms with Gasteiger partial charge in [-0.15, -0.1) is 0 Å². The number of anilines is 1. The van der Waals surface area contributed by atoms with Gasteiger partial charge in [0, 0.05) is 24.2 Å².